The molecule has 0 saturated heterocycles. The van der Waals surface area contributed by atoms with Gasteiger partial charge < -0.3 is 34.3 Å². The molecule has 8 aromatic rings. The number of sulfone groups is 4. The molecule has 0 radical (unpaired) electrons. The van der Waals surface area contributed by atoms with E-state index in [1.54, 1.807) is 25.5 Å². The van der Waals surface area contributed by atoms with Crippen LogP contribution in [0.15, 0.2) is 225 Å². The van der Waals surface area contributed by atoms with Gasteiger partial charge in [-0.2, -0.15) is 0 Å². The lowest BCUT2D eigenvalue weighted by molar-refractivity contribution is -0.133. The standard InChI is InChI=1S/C24H28N2O6S.C23H28N2O7S.C21H25N3O6S2.C21H24N2O6S2/c1-23(22(28)25-29,33(2,30)31)14-20-13-21(26-32-20)18-5-3-16(4-6-18)17-7-9-19(10-8-17)24(15-27)11-12-24;1-23(22(27)24-28,33(3,29)30)13-19-12-20(25-32-19)17-8-4-15(5-9-17)16-6-10-18(11-7-16)21(14-26)31-2;1-21(20(25)23-26,32(3,28)29)13-17-12-19(24-30-17)16-6-4-14(5-7-16)15-8-10-18(11-9-15)31(2,22)27;1-21(20(24)22-25,31(3,27)28)13-17-12-19(23-29-17)16-6-4-14(5-7-16)15-8-10-18(11-9-15)30(2)26/h3-10,20,27,29H,11-15H2,1-2H3,(H,25,28);4-11,19,21,26,28H,12-14H2,1-3H3,(H,24,27);4-11,17,22,26H,12-13H2,1-3H3,(H,23,25);4-11,17,25H,12-13H2,1-3H3,(H,22,24)/t20-,23-;19-,21?,23-;17-,21-,31?;17-,21-,30?/m1111/s1. The molecule has 129 heavy (non-hydrogen) atoms. The minimum atomic E-state index is -3.83. The molecule has 11 atom stereocenters. The normalized spacial score (nSPS) is 19.7. The average Bonchev–Trinajstić information content (AvgIpc) is 1.64. The zero-order chi connectivity index (χ0) is 94.6. The highest BCUT2D eigenvalue weighted by Crippen LogP contribution is 2.48. The highest BCUT2D eigenvalue weighted by Gasteiger charge is 2.51. The topological polar surface area (TPSA) is 528 Å². The molecule has 4 aliphatic heterocycles. The van der Waals surface area contributed by atoms with E-state index < -0.39 is 127 Å². The number of amides is 4. The maximum absolute atomic E-state index is 12.2. The molecule has 692 valence electrons. The van der Waals surface area contributed by atoms with Crippen LogP contribution in [0.2, 0.25) is 0 Å². The SMILES string of the molecule is COC(CO)c1ccc(-c2ccc(C3=NO[C@@H](C[C@](C)(C(=O)NO)S(C)(=O)=O)C3)cc2)cc1.CS(=O)c1ccc(-c2ccc(C3=NO[C@@H](C[C@](C)(C(=O)NO)S(C)(=O)=O)C3)cc2)cc1.C[C@@](C[C@H]1CC(c2ccc(-c3ccc(C4(CO)CC4)cc3)cc2)=NO1)(C(=O)NO)S(C)(=O)=O.C[C@@](C[C@H]1CC(c2ccc(-c3ccc(S(C)(=N)=O)cc3)cc2)=NO1)(C(=O)NO)S(C)(=O)=O. The zero-order valence-corrected chi connectivity index (χ0v) is 77.4. The smallest absolute Gasteiger partial charge is 0.264 e. The van der Waals surface area contributed by atoms with Gasteiger partial charge in [0.05, 0.1) is 45.8 Å². The van der Waals surface area contributed by atoms with Crippen molar-refractivity contribution >= 4 is 106 Å². The molecule has 4 heterocycles. The van der Waals surface area contributed by atoms with Gasteiger partial charge in [0.15, 0.2) is 58.3 Å². The van der Waals surface area contributed by atoms with Crippen LogP contribution >= 0.6 is 0 Å². The summed E-state index contributed by atoms with van der Waals surface area (Å²) in [6.07, 6.45) is 6.75. The number of benzene rings is 8. The Kier molecular flexibility index (Phi) is 31.9. The van der Waals surface area contributed by atoms with Gasteiger partial charge in [-0.15, -0.1) is 0 Å². The summed E-state index contributed by atoms with van der Waals surface area (Å²) in [6, 6.07) is 61.2. The molecular formula is C89H105N9O25S6. The predicted octanol–water partition coefficient (Wildman–Crippen LogP) is 9.66. The first kappa shape index (κ1) is 100. The Labute approximate surface area is 751 Å². The first-order valence-corrected chi connectivity index (χ1v) is 51.4. The number of methoxy groups -OCH3 is 1. The van der Waals surface area contributed by atoms with Crippen LogP contribution in [0.5, 0.6) is 0 Å². The number of hydrogen-bond acceptors (Lipinski definition) is 30. The molecule has 13 rings (SSSR count). The second kappa shape index (κ2) is 41.1. The van der Waals surface area contributed by atoms with E-state index in [0.717, 1.165) is 115 Å². The summed E-state index contributed by atoms with van der Waals surface area (Å²) in [5, 5.41) is 71.1. The summed E-state index contributed by atoms with van der Waals surface area (Å²) >= 11 is 0. The van der Waals surface area contributed by atoms with Crippen molar-refractivity contribution in [3.8, 4) is 44.5 Å². The largest absolute Gasteiger partial charge is 0.395 e. The van der Waals surface area contributed by atoms with Crippen molar-refractivity contribution in [2.75, 3.05) is 57.9 Å². The van der Waals surface area contributed by atoms with E-state index in [9.17, 15) is 71.5 Å². The number of hydrogen-bond donors (Lipinski definition) is 11. The summed E-state index contributed by atoms with van der Waals surface area (Å²) in [4.78, 5) is 70.9. The first-order chi connectivity index (χ1) is 60.6. The average molecular weight is 1890 g/mol. The van der Waals surface area contributed by atoms with Gasteiger partial charge in [0, 0.05) is 122 Å². The fraction of sp³-hybridized carbons (Fsp3) is 0.371. The zero-order valence-electron chi connectivity index (χ0n) is 72.5. The van der Waals surface area contributed by atoms with Crippen molar-refractivity contribution in [2.24, 2.45) is 20.6 Å². The molecule has 0 spiro atoms. The summed E-state index contributed by atoms with van der Waals surface area (Å²) < 4.78 is 126. The fourth-order valence-corrected chi connectivity index (χ4v) is 19.4. The number of rotatable bonds is 31. The number of carbonyl (C=O) groups is 4. The van der Waals surface area contributed by atoms with Crippen LogP contribution < -0.4 is 21.9 Å². The Morgan fingerprint density at radius 3 is 0.837 bits per heavy atom. The van der Waals surface area contributed by atoms with Crippen molar-refractivity contribution in [2.45, 2.75) is 157 Å². The second-order valence-corrected chi connectivity index (χ2v) is 46.5. The first-order valence-electron chi connectivity index (χ1n) is 40.3. The summed E-state index contributed by atoms with van der Waals surface area (Å²) in [5.74, 6) is -4.02. The maximum Gasteiger partial charge on any atom is 0.264 e. The monoisotopic (exact) mass is 1890 g/mol. The van der Waals surface area contributed by atoms with Crippen molar-refractivity contribution in [3.05, 3.63) is 228 Å². The molecule has 4 amide bonds. The molecule has 40 heteroatoms. The summed E-state index contributed by atoms with van der Waals surface area (Å²) in [6.45, 7) is 5.10. The van der Waals surface area contributed by atoms with Gasteiger partial charge in [-0.05, 0) is 143 Å². The van der Waals surface area contributed by atoms with Crippen LogP contribution in [0.25, 0.3) is 44.5 Å². The molecule has 1 saturated carbocycles. The van der Waals surface area contributed by atoms with E-state index in [2.05, 4.69) is 44.9 Å². The van der Waals surface area contributed by atoms with Crippen molar-refractivity contribution < 1.29 is 116 Å². The maximum atomic E-state index is 12.2. The molecule has 8 aromatic carbocycles. The lowest BCUT2D eigenvalue weighted by atomic mass is 9.93. The van der Waals surface area contributed by atoms with Gasteiger partial charge in [0.25, 0.3) is 23.6 Å². The Morgan fingerprint density at radius 2 is 0.636 bits per heavy atom. The number of oxime groups is 4. The summed E-state index contributed by atoms with van der Waals surface area (Å²) in [5.41, 5.74) is 21.5. The van der Waals surface area contributed by atoms with E-state index in [4.69, 9.17) is 49.7 Å². The highest BCUT2D eigenvalue weighted by atomic mass is 32.2. The third-order valence-electron chi connectivity index (χ3n) is 24.1. The van der Waals surface area contributed by atoms with Crippen LogP contribution in [-0.4, -0.2) is 221 Å². The Morgan fingerprint density at radius 1 is 0.411 bits per heavy atom. The minimum Gasteiger partial charge on any atom is -0.395 e. The number of nitrogens with zero attached hydrogens (tertiary/aromatic N) is 4. The van der Waals surface area contributed by atoms with Crippen LogP contribution in [0.3, 0.4) is 0 Å². The second-order valence-electron chi connectivity index (χ2n) is 33.2. The van der Waals surface area contributed by atoms with E-state index in [1.807, 2.05) is 158 Å². The lowest BCUT2D eigenvalue weighted by Crippen LogP contribution is -2.51. The van der Waals surface area contributed by atoms with Crippen molar-refractivity contribution in [1.82, 2.24) is 21.9 Å². The van der Waals surface area contributed by atoms with Gasteiger partial charge in [-0.1, -0.05) is 190 Å². The Bertz CT molecular complexity index is 6170. The minimum absolute atomic E-state index is 0.0510. The van der Waals surface area contributed by atoms with E-state index in [0.29, 0.717) is 53.4 Å². The number of aliphatic hydroxyl groups is 2. The van der Waals surface area contributed by atoms with Gasteiger partial charge in [-0.3, -0.25) is 44.2 Å². The number of aliphatic hydroxyl groups excluding tert-OH is 2. The van der Waals surface area contributed by atoms with E-state index in [1.165, 1.54) is 61.4 Å². The molecule has 3 unspecified atom stereocenters. The third-order valence-corrected chi connectivity index (χ3v) is 34.1. The van der Waals surface area contributed by atoms with Gasteiger partial charge in [0.2, 0.25) is 0 Å². The van der Waals surface area contributed by atoms with Crippen molar-refractivity contribution in [3.63, 3.8) is 0 Å². The molecule has 1 fully saturated rings. The van der Waals surface area contributed by atoms with E-state index >= 15 is 0 Å². The molecule has 11 N–H and O–H groups in total. The van der Waals surface area contributed by atoms with Gasteiger partial charge in [0.1, 0.15) is 30.5 Å². The molecule has 5 aliphatic rings. The molecule has 0 bridgehead atoms. The van der Waals surface area contributed by atoms with Crippen molar-refractivity contribution in [1.29, 1.82) is 4.78 Å². The molecule has 34 nitrogen and oxygen atoms in total. The molecule has 1 aliphatic carbocycles. The number of nitrogens with one attached hydrogen (secondary N) is 5. The quantitative estimate of drug-likeness (QED) is 0.0142. The third kappa shape index (κ3) is 23.5. The van der Waals surface area contributed by atoms with Crippen LogP contribution in [0.1, 0.15) is 131 Å². The lowest BCUT2D eigenvalue weighted by Gasteiger charge is -2.26. The Hall–Kier alpha value is -10.9. The van der Waals surface area contributed by atoms with Crippen LogP contribution in [-0.2, 0) is 109 Å². The number of hydroxylamine groups is 4. The Balaban J connectivity index is 0.000000179. The van der Waals surface area contributed by atoms with Crippen LogP contribution in [0, 0.1) is 4.78 Å². The van der Waals surface area contributed by atoms with Crippen LogP contribution in [0.4, 0.5) is 0 Å². The fourth-order valence-electron chi connectivity index (χ4n) is 14.8. The van der Waals surface area contributed by atoms with Gasteiger partial charge in [-0.25, -0.2) is 64.6 Å². The number of carbonyl (C=O) groups excluding carboxylic acids is 4. The summed E-state index contributed by atoms with van der Waals surface area (Å²) in [7, 11) is -17.5. The van der Waals surface area contributed by atoms with E-state index in [-0.39, 0.29) is 50.4 Å². The predicted molar refractivity (Wildman–Crippen MR) is 485 cm³/mol. The number of ether oxygens (including phenoxy) is 1. The van der Waals surface area contributed by atoms with Gasteiger partial charge >= 0.3 is 0 Å². The highest BCUT2D eigenvalue weighted by molar-refractivity contribution is 7.94. The molecular weight excluding hydrogens is 1790 g/mol. The molecule has 0 aromatic heterocycles.